The first-order valence-electron chi connectivity index (χ1n) is 9.79. The highest BCUT2D eigenvalue weighted by atomic mass is 32.1. The Bertz CT molecular complexity index is 1200. The van der Waals surface area contributed by atoms with Gasteiger partial charge in [0.05, 0.1) is 27.6 Å². The van der Waals surface area contributed by atoms with Gasteiger partial charge in [0.25, 0.3) is 11.5 Å². The van der Waals surface area contributed by atoms with Crippen LogP contribution < -0.4 is 10.9 Å². The number of rotatable bonds is 7. The van der Waals surface area contributed by atoms with Crippen molar-refractivity contribution in [3.8, 4) is 0 Å². The Balaban J connectivity index is 1.48. The lowest BCUT2D eigenvalue weighted by Gasteiger charge is -2.04. The molecule has 1 amide bonds. The number of nitrogens with one attached hydrogen (secondary N) is 2. The van der Waals surface area contributed by atoms with Gasteiger partial charge in [-0.2, -0.15) is 0 Å². The molecule has 3 aromatic heterocycles. The van der Waals surface area contributed by atoms with E-state index in [0.717, 1.165) is 29.7 Å². The molecule has 0 spiro atoms. The normalized spacial score (nSPS) is 11.4. The lowest BCUT2D eigenvalue weighted by molar-refractivity contribution is 0.0957. The molecule has 4 rings (SSSR count). The quantitative estimate of drug-likeness (QED) is 0.489. The van der Waals surface area contributed by atoms with Gasteiger partial charge >= 0.3 is 0 Å². The van der Waals surface area contributed by atoms with Crippen LogP contribution in [0.15, 0.2) is 35.4 Å². The van der Waals surface area contributed by atoms with Crippen LogP contribution in [-0.2, 0) is 13.0 Å². The maximum Gasteiger partial charge on any atom is 0.262 e. The Labute approximate surface area is 171 Å². The predicted octanol–water partition coefficient (Wildman–Crippen LogP) is 3.42. The van der Waals surface area contributed by atoms with E-state index < -0.39 is 0 Å². The van der Waals surface area contributed by atoms with Gasteiger partial charge in [0.1, 0.15) is 10.7 Å². The van der Waals surface area contributed by atoms with Gasteiger partial charge in [-0.1, -0.05) is 25.5 Å². The van der Waals surface area contributed by atoms with Crippen LogP contribution in [0.2, 0.25) is 0 Å². The third-order valence-electron chi connectivity index (χ3n) is 4.96. The molecule has 2 N–H and O–H groups in total. The molecule has 150 valence electrons. The Kier molecular flexibility index (Phi) is 5.44. The van der Waals surface area contributed by atoms with Gasteiger partial charge < -0.3 is 10.3 Å². The Hall–Kier alpha value is -3.00. The number of amides is 1. The second-order valence-electron chi connectivity index (χ2n) is 7.04. The molecule has 0 radical (unpaired) electrons. The molecule has 0 fully saturated rings. The molecule has 0 saturated heterocycles. The minimum atomic E-state index is -0.180. The SMILES string of the molecule is CCCCn1cnc2sc(C(=O)NCCc3nc4ccccc4[nH]3)c(C)c2c1=O. The van der Waals surface area contributed by atoms with Gasteiger partial charge in [0, 0.05) is 19.5 Å². The van der Waals surface area contributed by atoms with Crippen molar-refractivity contribution in [2.45, 2.75) is 39.7 Å². The summed E-state index contributed by atoms with van der Waals surface area (Å²) in [5.41, 5.74) is 2.53. The van der Waals surface area contributed by atoms with E-state index in [0.29, 0.717) is 40.2 Å². The van der Waals surface area contributed by atoms with E-state index in [-0.39, 0.29) is 11.5 Å². The van der Waals surface area contributed by atoms with E-state index in [1.165, 1.54) is 11.3 Å². The molecule has 0 atom stereocenters. The minimum absolute atomic E-state index is 0.0708. The van der Waals surface area contributed by atoms with Gasteiger partial charge in [0.2, 0.25) is 0 Å². The molecule has 0 aliphatic carbocycles. The van der Waals surface area contributed by atoms with Crippen LogP contribution in [-0.4, -0.2) is 32.0 Å². The largest absolute Gasteiger partial charge is 0.351 e. The molecule has 0 aliphatic rings. The van der Waals surface area contributed by atoms with Crippen LogP contribution in [0, 0.1) is 6.92 Å². The molecule has 1 aromatic carbocycles. The number of unbranched alkanes of at least 4 members (excludes halogenated alkanes) is 1. The van der Waals surface area contributed by atoms with Gasteiger partial charge in [-0.05, 0) is 31.0 Å². The van der Waals surface area contributed by atoms with Gasteiger partial charge in [0.15, 0.2) is 0 Å². The molecule has 3 heterocycles. The number of H-pyrrole nitrogens is 1. The van der Waals surface area contributed by atoms with Crippen LogP contribution >= 0.6 is 11.3 Å². The topological polar surface area (TPSA) is 92.7 Å². The number of carbonyl (C=O) groups is 1. The van der Waals surface area contributed by atoms with Crippen molar-refractivity contribution in [2.24, 2.45) is 0 Å². The Morgan fingerprint density at radius 2 is 2.14 bits per heavy atom. The van der Waals surface area contributed by atoms with Crippen molar-refractivity contribution in [2.75, 3.05) is 6.54 Å². The fraction of sp³-hybridized carbons (Fsp3) is 0.333. The summed E-state index contributed by atoms with van der Waals surface area (Å²) in [4.78, 5) is 38.8. The molecule has 29 heavy (non-hydrogen) atoms. The number of benzene rings is 1. The monoisotopic (exact) mass is 409 g/mol. The average Bonchev–Trinajstić information content (AvgIpc) is 3.28. The van der Waals surface area contributed by atoms with Crippen molar-refractivity contribution in [3.05, 3.63) is 57.2 Å². The number of aryl methyl sites for hydroxylation is 2. The van der Waals surface area contributed by atoms with Gasteiger partial charge in [-0.15, -0.1) is 11.3 Å². The number of carbonyl (C=O) groups excluding carboxylic acids is 1. The second kappa shape index (κ2) is 8.16. The highest BCUT2D eigenvalue weighted by Gasteiger charge is 2.19. The number of para-hydroxylation sites is 2. The van der Waals surface area contributed by atoms with Crippen molar-refractivity contribution < 1.29 is 4.79 Å². The molecule has 0 unspecified atom stereocenters. The standard InChI is InChI=1S/C21H23N5O2S/c1-3-4-11-26-12-23-20-17(21(26)28)13(2)18(29-20)19(27)22-10-9-16-24-14-7-5-6-8-15(14)25-16/h5-8,12H,3-4,9-11H2,1-2H3,(H,22,27)(H,24,25). The van der Waals surface area contributed by atoms with Crippen LogP contribution in [0.25, 0.3) is 21.3 Å². The summed E-state index contributed by atoms with van der Waals surface area (Å²) in [5, 5.41) is 3.49. The molecule has 0 bridgehead atoms. The number of hydrogen-bond acceptors (Lipinski definition) is 5. The van der Waals surface area contributed by atoms with Crippen LogP contribution in [0.5, 0.6) is 0 Å². The molecule has 4 aromatic rings. The third-order valence-corrected chi connectivity index (χ3v) is 6.16. The second-order valence-corrected chi connectivity index (χ2v) is 8.04. The number of fused-ring (bicyclic) bond motifs is 2. The van der Waals surface area contributed by atoms with E-state index in [1.807, 2.05) is 31.2 Å². The summed E-state index contributed by atoms with van der Waals surface area (Å²) >= 11 is 1.27. The minimum Gasteiger partial charge on any atom is -0.351 e. The smallest absolute Gasteiger partial charge is 0.262 e. The van der Waals surface area contributed by atoms with E-state index in [2.05, 4.69) is 27.2 Å². The first kappa shape index (κ1) is 19.3. The molecule has 8 heteroatoms. The summed E-state index contributed by atoms with van der Waals surface area (Å²) in [6.07, 6.45) is 4.11. The highest BCUT2D eigenvalue weighted by molar-refractivity contribution is 7.20. The molecular weight excluding hydrogens is 386 g/mol. The number of nitrogens with zero attached hydrogens (tertiary/aromatic N) is 3. The summed E-state index contributed by atoms with van der Waals surface area (Å²) in [6, 6.07) is 7.84. The Morgan fingerprint density at radius 1 is 1.31 bits per heavy atom. The van der Waals surface area contributed by atoms with Crippen LogP contribution in [0.1, 0.15) is 40.8 Å². The van der Waals surface area contributed by atoms with Crippen LogP contribution in [0.4, 0.5) is 0 Å². The highest BCUT2D eigenvalue weighted by Crippen LogP contribution is 2.26. The maximum absolute atomic E-state index is 12.8. The van der Waals surface area contributed by atoms with Gasteiger partial charge in [-0.3, -0.25) is 14.2 Å². The number of aromatic amines is 1. The van der Waals surface area contributed by atoms with E-state index in [9.17, 15) is 9.59 Å². The molecule has 7 nitrogen and oxygen atoms in total. The summed E-state index contributed by atoms with van der Waals surface area (Å²) in [7, 11) is 0. The first-order chi connectivity index (χ1) is 14.1. The van der Waals surface area contributed by atoms with Crippen LogP contribution in [0.3, 0.4) is 0 Å². The molecular formula is C21H23N5O2S. The first-order valence-corrected chi connectivity index (χ1v) is 10.6. The zero-order chi connectivity index (χ0) is 20.4. The van der Waals surface area contributed by atoms with Gasteiger partial charge in [-0.25, -0.2) is 9.97 Å². The van der Waals surface area contributed by atoms with Crippen molar-refractivity contribution in [1.82, 2.24) is 24.8 Å². The fourth-order valence-electron chi connectivity index (χ4n) is 3.36. The van der Waals surface area contributed by atoms with Crippen molar-refractivity contribution >= 4 is 38.5 Å². The third kappa shape index (κ3) is 3.80. The van der Waals surface area contributed by atoms with E-state index in [4.69, 9.17) is 0 Å². The number of aromatic nitrogens is 4. The molecule has 0 saturated carbocycles. The Morgan fingerprint density at radius 3 is 2.93 bits per heavy atom. The molecule has 0 aliphatic heterocycles. The van der Waals surface area contributed by atoms with Crippen molar-refractivity contribution in [3.63, 3.8) is 0 Å². The predicted molar refractivity (Wildman–Crippen MR) is 116 cm³/mol. The zero-order valence-electron chi connectivity index (χ0n) is 16.5. The lowest BCUT2D eigenvalue weighted by atomic mass is 10.2. The summed E-state index contributed by atoms with van der Waals surface area (Å²) in [5.74, 6) is 0.654. The number of thiophene rings is 1. The average molecular weight is 410 g/mol. The summed E-state index contributed by atoms with van der Waals surface area (Å²) in [6.45, 7) is 5.01. The van der Waals surface area contributed by atoms with E-state index >= 15 is 0 Å². The van der Waals surface area contributed by atoms with Crippen molar-refractivity contribution in [1.29, 1.82) is 0 Å². The van der Waals surface area contributed by atoms with E-state index in [1.54, 1.807) is 10.9 Å². The number of imidazole rings is 1. The zero-order valence-corrected chi connectivity index (χ0v) is 17.3. The lowest BCUT2D eigenvalue weighted by Crippen LogP contribution is -2.26. The number of hydrogen-bond donors (Lipinski definition) is 2. The fourth-order valence-corrected chi connectivity index (χ4v) is 4.42. The maximum atomic E-state index is 12.8. The summed E-state index contributed by atoms with van der Waals surface area (Å²) < 4.78 is 1.63.